The van der Waals surface area contributed by atoms with Crippen molar-refractivity contribution in [3.05, 3.63) is 16.6 Å². The number of thiazole rings is 1. The van der Waals surface area contributed by atoms with Crippen molar-refractivity contribution in [3.8, 4) is 0 Å². The number of hydrogen-bond donors (Lipinski definition) is 2. The fourth-order valence-corrected chi connectivity index (χ4v) is 4.41. The Labute approximate surface area is 142 Å². The molecule has 2 atom stereocenters. The molecule has 2 heterocycles. The number of carbonyl (C=O) groups excluding carboxylic acids is 1. The summed E-state index contributed by atoms with van der Waals surface area (Å²) in [5, 5.41) is 16.3. The first-order valence-corrected chi connectivity index (χ1v) is 9.70. The lowest BCUT2D eigenvalue weighted by Crippen LogP contribution is -2.52. The van der Waals surface area contributed by atoms with Crippen LogP contribution in [0.5, 0.6) is 0 Å². The fourth-order valence-electron chi connectivity index (χ4n) is 3.79. The Bertz CT molecular complexity index is 486. The monoisotopic (exact) mass is 337 g/mol. The molecule has 1 aromatic rings. The number of carbonyl (C=O) groups is 1. The maximum atomic E-state index is 12.1. The number of aliphatic hydroxyl groups excluding tert-OH is 1. The molecule has 1 saturated heterocycles. The van der Waals surface area contributed by atoms with Gasteiger partial charge in [-0.15, -0.1) is 11.3 Å². The summed E-state index contributed by atoms with van der Waals surface area (Å²) in [6.07, 6.45) is 9.31. The van der Waals surface area contributed by atoms with Crippen molar-refractivity contribution < 1.29 is 9.90 Å². The zero-order valence-corrected chi connectivity index (χ0v) is 14.4. The molecule has 0 bridgehead atoms. The van der Waals surface area contributed by atoms with Crippen molar-refractivity contribution in [2.24, 2.45) is 0 Å². The molecule has 1 amide bonds. The molecule has 5 nitrogen and oxygen atoms in total. The summed E-state index contributed by atoms with van der Waals surface area (Å²) in [7, 11) is 0. The highest BCUT2D eigenvalue weighted by molar-refractivity contribution is 7.09. The first-order chi connectivity index (χ1) is 11.2. The van der Waals surface area contributed by atoms with E-state index in [1.165, 1.54) is 6.42 Å². The second kappa shape index (κ2) is 8.22. The van der Waals surface area contributed by atoms with Crippen LogP contribution in [0.25, 0.3) is 0 Å². The number of nitrogens with one attached hydrogen (secondary N) is 1. The van der Waals surface area contributed by atoms with Gasteiger partial charge >= 0.3 is 0 Å². The molecule has 2 aliphatic rings. The molecule has 0 spiro atoms. The van der Waals surface area contributed by atoms with Gasteiger partial charge < -0.3 is 10.4 Å². The van der Waals surface area contributed by atoms with Gasteiger partial charge in [-0.05, 0) is 25.7 Å². The molecule has 1 aliphatic heterocycles. The van der Waals surface area contributed by atoms with E-state index in [0.717, 1.165) is 56.6 Å². The minimum Gasteiger partial charge on any atom is -0.391 e. The van der Waals surface area contributed by atoms with Crippen LogP contribution in [0.1, 0.15) is 50.0 Å². The first kappa shape index (κ1) is 16.9. The summed E-state index contributed by atoms with van der Waals surface area (Å²) in [6, 6.07) is 0.626. The molecule has 3 rings (SSSR count). The van der Waals surface area contributed by atoms with E-state index < -0.39 is 0 Å². The van der Waals surface area contributed by atoms with Crippen molar-refractivity contribution in [1.29, 1.82) is 0 Å². The first-order valence-electron chi connectivity index (χ1n) is 8.82. The normalized spacial score (nSPS) is 27.0. The third-order valence-corrected chi connectivity index (χ3v) is 5.95. The van der Waals surface area contributed by atoms with Gasteiger partial charge in [-0.1, -0.05) is 12.8 Å². The van der Waals surface area contributed by atoms with Crippen molar-refractivity contribution in [2.75, 3.05) is 13.1 Å². The molecule has 1 aromatic heterocycles. The van der Waals surface area contributed by atoms with Crippen LogP contribution in [0.15, 0.2) is 11.6 Å². The Morgan fingerprint density at radius 2 is 2.09 bits per heavy atom. The second-order valence-electron chi connectivity index (χ2n) is 6.72. The van der Waals surface area contributed by atoms with Gasteiger partial charge in [-0.2, -0.15) is 0 Å². The lowest BCUT2D eigenvalue weighted by atomic mass is 9.89. The third-order valence-electron chi connectivity index (χ3n) is 5.11. The van der Waals surface area contributed by atoms with Crippen LogP contribution in [-0.2, 0) is 11.2 Å². The maximum absolute atomic E-state index is 12.1. The van der Waals surface area contributed by atoms with Gasteiger partial charge in [0, 0.05) is 49.6 Å². The van der Waals surface area contributed by atoms with Crippen molar-refractivity contribution in [1.82, 2.24) is 15.2 Å². The van der Waals surface area contributed by atoms with Crippen LogP contribution in [0.3, 0.4) is 0 Å². The summed E-state index contributed by atoms with van der Waals surface area (Å²) < 4.78 is 0. The quantitative estimate of drug-likeness (QED) is 0.862. The third kappa shape index (κ3) is 4.75. The minimum absolute atomic E-state index is 0.136. The van der Waals surface area contributed by atoms with Crippen molar-refractivity contribution in [3.63, 3.8) is 0 Å². The van der Waals surface area contributed by atoms with Crippen LogP contribution in [0.4, 0.5) is 0 Å². The summed E-state index contributed by atoms with van der Waals surface area (Å²) in [5.74, 6) is 0.136. The molecule has 2 fully saturated rings. The van der Waals surface area contributed by atoms with Crippen LogP contribution in [0, 0.1) is 0 Å². The largest absolute Gasteiger partial charge is 0.391 e. The average Bonchev–Trinajstić information content (AvgIpc) is 3.08. The molecule has 1 aliphatic carbocycles. The van der Waals surface area contributed by atoms with E-state index >= 15 is 0 Å². The van der Waals surface area contributed by atoms with E-state index in [1.54, 1.807) is 17.5 Å². The van der Waals surface area contributed by atoms with Gasteiger partial charge in [-0.25, -0.2) is 4.98 Å². The summed E-state index contributed by atoms with van der Waals surface area (Å²) >= 11 is 1.61. The zero-order chi connectivity index (χ0) is 16.1. The molecule has 128 valence electrons. The number of aromatic nitrogens is 1. The van der Waals surface area contributed by atoms with Gasteiger partial charge in [0.15, 0.2) is 0 Å². The number of likely N-dealkylation sites (tertiary alicyclic amines) is 1. The smallest absolute Gasteiger partial charge is 0.220 e. The van der Waals surface area contributed by atoms with Crippen LogP contribution >= 0.6 is 11.3 Å². The van der Waals surface area contributed by atoms with Gasteiger partial charge in [0.1, 0.15) is 0 Å². The Kier molecular flexibility index (Phi) is 6.02. The van der Waals surface area contributed by atoms with E-state index in [1.807, 2.05) is 5.38 Å². The summed E-state index contributed by atoms with van der Waals surface area (Å²) in [5.41, 5.74) is 0. The minimum atomic E-state index is -0.159. The van der Waals surface area contributed by atoms with Gasteiger partial charge in [0.05, 0.1) is 11.1 Å². The van der Waals surface area contributed by atoms with E-state index in [9.17, 15) is 9.90 Å². The van der Waals surface area contributed by atoms with E-state index in [4.69, 9.17) is 0 Å². The van der Waals surface area contributed by atoms with E-state index in [2.05, 4.69) is 15.2 Å². The second-order valence-corrected chi connectivity index (χ2v) is 7.70. The molecule has 0 radical (unpaired) electrons. The SMILES string of the molecule is O=C(CCc1nccs1)NC1CCN(C2CCCCC2O)CC1. The van der Waals surface area contributed by atoms with E-state index in [-0.39, 0.29) is 18.1 Å². The predicted molar refractivity (Wildman–Crippen MR) is 91.4 cm³/mol. The molecule has 6 heteroatoms. The lowest BCUT2D eigenvalue weighted by molar-refractivity contribution is -0.122. The summed E-state index contributed by atoms with van der Waals surface area (Å²) in [4.78, 5) is 18.7. The molecule has 0 aromatic carbocycles. The molecular weight excluding hydrogens is 310 g/mol. The number of amides is 1. The standard InChI is InChI=1S/C17H27N3O2S/c21-15-4-2-1-3-14(15)20-10-7-13(8-11-20)19-16(22)5-6-17-18-9-12-23-17/h9,12-15,21H,1-8,10-11H2,(H,19,22). The van der Waals surface area contributed by atoms with Gasteiger partial charge in [-0.3, -0.25) is 9.69 Å². The Hall–Kier alpha value is -0.980. The Morgan fingerprint density at radius 3 is 2.78 bits per heavy atom. The fraction of sp³-hybridized carbons (Fsp3) is 0.765. The van der Waals surface area contributed by atoms with Crippen LogP contribution in [0.2, 0.25) is 0 Å². The topological polar surface area (TPSA) is 65.5 Å². The molecule has 2 unspecified atom stereocenters. The average molecular weight is 337 g/mol. The summed E-state index contributed by atoms with van der Waals surface area (Å²) in [6.45, 7) is 1.97. The number of piperidine rings is 1. The van der Waals surface area contributed by atoms with Gasteiger partial charge in [0.25, 0.3) is 0 Å². The van der Waals surface area contributed by atoms with Crippen LogP contribution < -0.4 is 5.32 Å². The highest BCUT2D eigenvalue weighted by atomic mass is 32.1. The number of aryl methyl sites for hydroxylation is 1. The Morgan fingerprint density at radius 1 is 1.30 bits per heavy atom. The lowest BCUT2D eigenvalue weighted by Gasteiger charge is -2.41. The van der Waals surface area contributed by atoms with Crippen molar-refractivity contribution >= 4 is 17.2 Å². The van der Waals surface area contributed by atoms with E-state index in [0.29, 0.717) is 12.5 Å². The molecule has 2 N–H and O–H groups in total. The Balaban J connectivity index is 1.37. The van der Waals surface area contributed by atoms with Gasteiger partial charge in [0.2, 0.25) is 5.91 Å². The predicted octanol–water partition coefficient (Wildman–Crippen LogP) is 1.96. The maximum Gasteiger partial charge on any atom is 0.220 e. The highest BCUT2D eigenvalue weighted by Crippen LogP contribution is 2.25. The number of hydrogen-bond acceptors (Lipinski definition) is 5. The highest BCUT2D eigenvalue weighted by Gasteiger charge is 2.31. The molecular formula is C17H27N3O2S. The van der Waals surface area contributed by atoms with Crippen LogP contribution in [-0.4, -0.2) is 52.2 Å². The molecule has 23 heavy (non-hydrogen) atoms. The molecule has 1 saturated carbocycles. The number of rotatable bonds is 5. The zero-order valence-electron chi connectivity index (χ0n) is 13.6. The number of nitrogens with zero attached hydrogens (tertiary/aromatic N) is 2. The number of aliphatic hydroxyl groups is 1. The van der Waals surface area contributed by atoms with Crippen molar-refractivity contribution in [2.45, 2.75) is 69.6 Å².